The lowest BCUT2D eigenvalue weighted by molar-refractivity contribution is 0.0697. The zero-order valence-corrected chi connectivity index (χ0v) is 9.90. The third-order valence-corrected chi connectivity index (χ3v) is 3.02. The van der Waals surface area contributed by atoms with Crippen molar-refractivity contribution in [2.24, 2.45) is 0 Å². The highest BCUT2D eigenvalue weighted by Crippen LogP contribution is 2.26. The van der Waals surface area contributed by atoms with Crippen LogP contribution in [-0.2, 0) is 6.54 Å². The Morgan fingerprint density at radius 1 is 1.35 bits per heavy atom. The average Bonchev–Trinajstić information content (AvgIpc) is 2.56. The number of carboxylic acid groups (broad SMARTS) is 1. The largest absolute Gasteiger partial charge is 0.478 e. The lowest BCUT2D eigenvalue weighted by Gasteiger charge is -2.09. The van der Waals surface area contributed by atoms with Crippen LogP contribution in [0.25, 0.3) is 10.9 Å². The number of rotatable bonds is 3. The fraction of sp³-hybridized carbons (Fsp3) is 0.308. The molecule has 0 atom stereocenters. The molecule has 0 saturated carbocycles. The number of carbonyl (C=O) groups is 1. The second kappa shape index (κ2) is 4.22. The van der Waals surface area contributed by atoms with Gasteiger partial charge in [-0.05, 0) is 25.5 Å². The number of benzene rings is 1. The first-order valence-electron chi connectivity index (χ1n) is 5.50. The summed E-state index contributed by atoms with van der Waals surface area (Å²) >= 11 is 0. The van der Waals surface area contributed by atoms with E-state index in [9.17, 15) is 9.90 Å². The van der Waals surface area contributed by atoms with Gasteiger partial charge in [0, 0.05) is 17.6 Å². The van der Waals surface area contributed by atoms with Crippen LogP contribution in [0, 0.1) is 13.8 Å². The summed E-state index contributed by atoms with van der Waals surface area (Å²) in [6.07, 6.45) is 0. The Morgan fingerprint density at radius 3 is 2.65 bits per heavy atom. The lowest BCUT2D eigenvalue weighted by atomic mass is 10.1. The SMILES string of the molecule is Cc1ccc2cc(C)n(CCO)c2c1C(=O)O. The van der Waals surface area contributed by atoms with E-state index in [0.29, 0.717) is 17.6 Å². The van der Waals surface area contributed by atoms with E-state index in [0.717, 1.165) is 16.6 Å². The van der Waals surface area contributed by atoms with E-state index in [1.807, 2.05) is 29.7 Å². The Morgan fingerprint density at radius 2 is 2.06 bits per heavy atom. The van der Waals surface area contributed by atoms with Crippen molar-refractivity contribution in [1.82, 2.24) is 4.57 Å². The summed E-state index contributed by atoms with van der Waals surface area (Å²) in [5.41, 5.74) is 2.72. The van der Waals surface area contributed by atoms with Gasteiger partial charge >= 0.3 is 5.97 Å². The summed E-state index contributed by atoms with van der Waals surface area (Å²) in [6, 6.07) is 5.67. The van der Waals surface area contributed by atoms with Crippen LogP contribution in [0.4, 0.5) is 0 Å². The summed E-state index contributed by atoms with van der Waals surface area (Å²) in [6.45, 7) is 4.11. The highest BCUT2D eigenvalue weighted by atomic mass is 16.4. The van der Waals surface area contributed by atoms with Crippen molar-refractivity contribution in [1.29, 1.82) is 0 Å². The van der Waals surface area contributed by atoms with E-state index in [2.05, 4.69) is 0 Å². The first-order valence-corrected chi connectivity index (χ1v) is 5.50. The Kier molecular flexibility index (Phi) is 2.90. The average molecular weight is 233 g/mol. The number of fused-ring (bicyclic) bond motifs is 1. The maximum atomic E-state index is 11.3. The fourth-order valence-corrected chi connectivity index (χ4v) is 2.25. The molecule has 0 unspecified atom stereocenters. The third kappa shape index (κ3) is 1.80. The fourth-order valence-electron chi connectivity index (χ4n) is 2.25. The molecule has 0 spiro atoms. The van der Waals surface area contributed by atoms with E-state index < -0.39 is 5.97 Å². The Balaban J connectivity index is 2.85. The first-order chi connectivity index (χ1) is 8.06. The van der Waals surface area contributed by atoms with Crippen molar-refractivity contribution in [3.63, 3.8) is 0 Å². The minimum Gasteiger partial charge on any atom is -0.478 e. The molecule has 2 rings (SSSR count). The molecule has 17 heavy (non-hydrogen) atoms. The van der Waals surface area contributed by atoms with Crippen LogP contribution in [0.5, 0.6) is 0 Å². The minimum atomic E-state index is -0.926. The molecule has 90 valence electrons. The molecule has 4 nitrogen and oxygen atoms in total. The van der Waals surface area contributed by atoms with Crippen molar-refractivity contribution < 1.29 is 15.0 Å². The monoisotopic (exact) mass is 233 g/mol. The zero-order chi connectivity index (χ0) is 12.6. The van der Waals surface area contributed by atoms with Gasteiger partial charge in [-0.2, -0.15) is 0 Å². The van der Waals surface area contributed by atoms with Gasteiger partial charge in [-0.25, -0.2) is 4.79 Å². The molecule has 0 bridgehead atoms. The Labute approximate surface area is 99.1 Å². The Hall–Kier alpha value is -1.81. The van der Waals surface area contributed by atoms with Crippen LogP contribution in [0.15, 0.2) is 18.2 Å². The molecule has 0 aliphatic rings. The summed E-state index contributed by atoms with van der Waals surface area (Å²) < 4.78 is 1.85. The molecule has 0 saturated heterocycles. The van der Waals surface area contributed by atoms with Crippen molar-refractivity contribution >= 4 is 16.9 Å². The van der Waals surface area contributed by atoms with Gasteiger partial charge in [-0.3, -0.25) is 0 Å². The highest BCUT2D eigenvalue weighted by molar-refractivity contribution is 6.04. The molecule has 0 amide bonds. The lowest BCUT2D eigenvalue weighted by Crippen LogP contribution is -2.08. The van der Waals surface area contributed by atoms with Gasteiger partial charge in [0.25, 0.3) is 0 Å². The number of nitrogens with zero attached hydrogens (tertiary/aromatic N) is 1. The summed E-state index contributed by atoms with van der Waals surface area (Å²) in [5, 5.41) is 19.2. The molecule has 0 radical (unpaired) electrons. The van der Waals surface area contributed by atoms with Crippen molar-refractivity contribution in [3.05, 3.63) is 35.0 Å². The normalized spacial score (nSPS) is 11.0. The molecule has 1 aromatic carbocycles. The van der Waals surface area contributed by atoms with Crippen LogP contribution in [-0.4, -0.2) is 27.4 Å². The standard InChI is InChI=1S/C13H15NO3/c1-8-3-4-10-7-9(2)14(5-6-15)12(10)11(8)13(16)17/h3-4,7,15H,5-6H2,1-2H3,(H,16,17). The van der Waals surface area contributed by atoms with Gasteiger partial charge in [-0.15, -0.1) is 0 Å². The number of hydrogen-bond acceptors (Lipinski definition) is 2. The smallest absolute Gasteiger partial charge is 0.338 e. The quantitative estimate of drug-likeness (QED) is 0.851. The van der Waals surface area contributed by atoms with Crippen molar-refractivity contribution in [3.8, 4) is 0 Å². The molecular weight excluding hydrogens is 218 g/mol. The minimum absolute atomic E-state index is 0.00236. The van der Waals surface area contributed by atoms with Gasteiger partial charge < -0.3 is 14.8 Å². The molecule has 4 heteroatoms. The Bertz CT molecular complexity index is 584. The van der Waals surface area contributed by atoms with E-state index in [1.165, 1.54) is 0 Å². The molecule has 0 fully saturated rings. The summed E-state index contributed by atoms with van der Waals surface area (Å²) in [7, 11) is 0. The topological polar surface area (TPSA) is 62.5 Å². The molecule has 1 aromatic heterocycles. The number of aliphatic hydroxyl groups is 1. The zero-order valence-electron chi connectivity index (χ0n) is 9.90. The second-order valence-electron chi connectivity index (χ2n) is 4.16. The number of carboxylic acids is 1. The van der Waals surface area contributed by atoms with Crippen LogP contribution < -0.4 is 0 Å². The van der Waals surface area contributed by atoms with Crippen molar-refractivity contribution in [2.75, 3.05) is 6.61 Å². The predicted octanol–water partition coefficient (Wildman–Crippen LogP) is 1.95. The number of aromatic nitrogens is 1. The first kappa shape index (κ1) is 11.7. The maximum absolute atomic E-state index is 11.3. The predicted molar refractivity (Wildman–Crippen MR) is 65.5 cm³/mol. The summed E-state index contributed by atoms with van der Waals surface area (Å²) in [5.74, 6) is -0.926. The maximum Gasteiger partial charge on any atom is 0.338 e. The van der Waals surface area contributed by atoms with Crippen LogP contribution >= 0.6 is 0 Å². The number of aliphatic hydroxyl groups excluding tert-OH is 1. The number of aryl methyl sites for hydroxylation is 2. The van der Waals surface area contributed by atoms with Gasteiger partial charge in [0.05, 0.1) is 17.7 Å². The summed E-state index contributed by atoms with van der Waals surface area (Å²) in [4.78, 5) is 11.3. The molecule has 2 N–H and O–H groups in total. The highest BCUT2D eigenvalue weighted by Gasteiger charge is 2.16. The van der Waals surface area contributed by atoms with E-state index in [4.69, 9.17) is 5.11 Å². The molecular formula is C13H15NO3. The van der Waals surface area contributed by atoms with E-state index in [1.54, 1.807) is 6.92 Å². The molecule has 2 aromatic rings. The molecule has 0 aliphatic carbocycles. The van der Waals surface area contributed by atoms with Gasteiger partial charge in [0.2, 0.25) is 0 Å². The van der Waals surface area contributed by atoms with Crippen molar-refractivity contribution in [2.45, 2.75) is 20.4 Å². The van der Waals surface area contributed by atoms with E-state index in [-0.39, 0.29) is 6.61 Å². The molecule has 0 aliphatic heterocycles. The van der Waals surface area contributed by atoms with Crippen LogP contribution in [0.3, 0.4) is 0 Å². The van der Waals surface area contributed by atoms with Crippen LogP contribution in [0.1, 0.15) is 21.6 Å². The van der Waals surface area contributed by atoms with Gasteiger partial charge in [-0.1, -0.05) is 12.1 Å². The van der Waals surface area contributed by atoms with Crippen LogP contribution in [0.2, 0.25) is 0 Å². The molecule has 1 heterocycles. The second-order valence-corrected chi connectivity index (χ2v) is 4.16. The number of aromatic carboxylic acids is 1. The third-order valence-electron chi connectivity index (χ3n) is 3.02. The number of hydrogen-bond donors (Lipinski definition) is 2. The van der Waals surface area contributed by atoms with Gasteiger partial charge in [0.1, 0.15) is 0 Å². The van der Waals surface area contributed by atoms with Gasteiger partial charge in [0.15, 0.2) is 0 Å². The van der Waals surface area contributed by atoms with E-state index >= 15 is 0 Å².